The lowest BCUT2D eigenvalue weighted by atomic mass is 10.2. The summed E-state index contributed by atoms with van der Waals surface area (Å²) in [6.07, 6.45) is 1.55. The summed E-state index contributed by atoms with van der Waals surface area (Å²) in [5.41, 5.74) is 8.39. The zero-order chi connectivity index (χ0) is 13.8. The van der Waals surface area contributed by atoms with Gasteiger partial charge in [-0.1, -0.05) is 12.1 Å². The summed E-state index contributed by atoms with van der Waals surface area (Å²) in [5.74, 6) is 0.610. The van der Waals surface area contributed by atoms with E-state index in [4.69, 9.17) is 11.1 Å². The number of nitrogens with zero attached hydrogens (tertiary/aromatic N) is 3. The Bertz CT molecular complexity index is 594. The van der Waals surface area contributed by atoms with Crippen molar-refractivity contribution in [3.63, 3.8) is 0 Å². The number of aromatic nitrogens is 2. The molecule has 5 nitrogen and oxygen atoms in total. The summed E-state index contributed by atoms with van der Waals surface area (Å²) < 4.78 is 0. The molecule has 1 aromatic carbocycles. The molecule has 3 N–H and O–H groups in total. The van der Waals surface area contributed by atoms with Gasteiger partial charge in [0.05, 0.1) is 11.8 Å². The topological polar surface area (TPSA) is 78.9 Å². The maximum atomic E-state index is 7.63. The molecule has 98 valence electrons. The van der Waals surface area contributed by atoms with Gasteiger partial charge >= 0.3 is 0 Å². The van der Waals surface area contributed by atoms with Gasteiger partial charge in [-0.15, -0.1) is 5.10 Å². The Kier molecular flexibility index (Phi) is 3.75. The Balaban J connectivity index is 2.51. The smallest absolute Gasteiger partial charge is 0.166 e. The fourth-order valence-corrected chi connectivity index (χ4v) is 1.98. The van der Waals surface area contributed by atoms with E-state index in [-0.39, 0.29) is 5.84 Å². The van der Waals surface area contributed by atoms with Gasteiger partial charge in [-0.3, -0.25) is 5.41 Å². The number of hydrogen-bond donors (Lipinski definition) is 2. The molecule has 0 bridgehead atoms. The van der Waals surface area contributed by atoms with Crippen LogP contribution in [0.5, 0.6) is 0 Å². The van der Waals surface area contributed by atoms with Crippen molar-refractivity contribution in [2.45, 2.75) is 13.8 Å². The van der Waals surface area contributed by atoms with E-state index in [0.717, 1.165) is 12.2 Å². The van der Waals surface area contributed by atoms with Crippen LogP contribution in [0.2, 0.25) is 0 Å². The standard InChI is InChI=1S/C14H17N5/c1-3-19(11-6-4-5-10(2)9-11)14-12(13(15)16)7-8-17-18-14/h4-9H,3H2,1-2H3,(H3,15,16). The lowest BCUT2D eigenvalue weighted by Crippen LogP contribution is -2.23. The fourth-order valence-electron chi connectivity index (χ4n) is 1.98. The Hall–Kier alpha value is -2.43. The van der Waals surface area contributed by atoms with E-state index >= 15 is 0 Å². The highest BCUT2D eigenvalue weighted by Crippen LogP contribution is 2.26. The van der Waals surface area contributed by atoms with Crippen LogP contribution < -0.4 is 10.6 Å². The zero-order valence-corrected chi connectivity index (χ0v) is 11.1. The molecule has 2 rings (SSSR count). The van der Waals surface area contributed by atoms with Crippen molar-refractivity contribution in [3.8, 4) is 0 Å². The average Bonchev–Trinajstić information content (AvgIpc) is 2.40. The molecule has 5 heteroatoms. The van der Waals surface area contributed by atoms with Crippen LogP contribution >= 0.6 is 0 Å². The van der Waals surface area contributed by atoms with Crippen LogP contribution in [0.1, 0.15) is 18.1 Å². The second-order valence-corrected chi connectivity index (χ2v) is 4.27. The van der Waals surface area contributed by atoms with E-state index in [0.29, 0.717) is 11.4 Å². The highest BCUT2D eigenvalue weighted by Gasteiger charge is 2.15. The summed E-state index contributed by atoms with van der Waals surface area (Å²) in [6, 6.07) is 9.83. The molecule has 0 aliphatic carbocycles. The van der Waals surface area contributed by atoms with Crippen LogP contribution in [0, 0.1) is 12.3 Å². The van der Waals surface area contributed by atoms with E-state index < -0.39 is 0 Å². The van der Waals surface area contributed by atoms with Crippen LogP contribution in [0.25, 0.3) is 0 Å². The molecule has 2 aromatic rings. The van der Waals surface area contributed by atoms with Crippen molar-refractivity contribution in [1.29, 1.82) is 5.41 Å². The van der Waals surface area contributed by atoms with Crippen molar-refractivity contribution in [2.75, 3.05) is 11.4 Å². The molecule has 0 fully saturated rings. The van der Waals surface area contributed by atoms with Gasteiger partial charge in [0.25, 0.3) is 0 Å². The number of nitrogens with one attached hydrogen (secondary N) is 1. The first kappa shape index (κ1) is 13.0. The lowest BCUT2D eigenvalue weighted by Gasteiger charge is -2.23. The first-order chi connectivity index (χ1) is 9.13. The second kappa shape index (κ2) is 5.48. The zero-order valence-electron chi connectivity index (χ0n) is 11.1. The number of hydrogen-bond acceptors (Lipinski definition) is 4. The molecule has 0 amide bonds. The minimum Gasteiger partial charge on any atom is -0.384 e. The molecule has 1 heterocycles. The average molecular weight is 255 g/mol. The van der Waals surface area contributed by atoms with Crippen LogP contribution in [-0.4, -0.2) is 22.6 Å². The molecule has 0 saturated carbocycles. The van der Waals surface area contributed by atoms with Crippen LogP contribution in [-0.2, 0) is 0 Å². The van der Waals surface area contributed by atoms with Crippen molar-refractivity contribution < 1.29 is 0 Å². The molecule has 0 atom stereocenters. The van der Waals surface area contributed by atoms with E-state index in [1.807, 2.05) is 36.9 Å². The van der Waals surface area contributed by atoms with Crippen LogP contribution in [0.15, 0.2) is 36.5 Å². The van der Waals surface area contributed by atoms with Crippen molar-refractivity contribution in [2.24, 2.45) is 5.73 Å². The van der Waals surface area contributed by atoms with Gasteiger partial charge in [-0.25, -0.2) is 0 Å². The van der Waals surface area contributed by atoms with Crippen molar-refractivity contribution in [1.82, 2.24) is 10.2 Å². The van der Waals surface area contributed by atoms with Gasteiger partial charge in [0.1, 0.15) is 5.84 Å². The van der Waals surface area contributed by atoms with Gasteiger partial charge in [0, 0.05) is 12.2 Å². The summed E-state index contributed by atoms with van der Waals surface area (Å²) in [5, 5.41) is 15.7. The van der Waals surface area contributed by atoms with Crippen molar-refractivity contribution >= 4 is 17.3 Å². The predicted molar refractivity (Wildman–Crippen MR) is 76.9 cm³/mol. The van der Waals surface area contributed by atoms with E-state index in [1.54, 1.807) is 12.3 Å². The van der Waals surface area contributed by atoms with E-state index in [2.05, 4.69) is 16.3 Å². The number of benzene rings is 1. The maximum absolute atomic E-state index is 7.63. The molecular formula is C14H17N5. The van der Waals surface area contributed by atoms with Gasteiger partial charge < -0.3 is 10.6 Å². The number of nitrogens with two attached hydrogens (primary N) is 1. The first-order valence-corrected chi connectivity index (χ1v) is 6.13. The van der Waals surface area contributed by atoms with Gasteiger partial charge in [-0.2, -0.15) is 5.10 Å². The molecule has 0 saturated heterocycles. The fraction of sp³-hybridized carbons (Fsp3) is 0.214. The highest BCUT2D eigenvalue weighted by molar-refractivity contribution is 6.00. The summed E-state index contributed by atoms with van der Waals surface area (Å²) in [4.78, 5) is 2.00. The van der Waals surface area contributed by atoms with Crippen LogP contribution in [0.4, 0.5) is 11.5 Å². The first-order valence-electron chi connectivity index (χ1n) is 6.13. The molecule has 1 aromatic heterocycles. The molecule has 0 radical (unpaired) electrons. The summed E-state index contributed by atoms with van der Waals surface area (Å²) >= 11 is 0. The Morgan fingerprint density at radius 3 is 2.79 bits per heavy atom. The van der Waals surface area contributed by atoms with Crippen molar-refractivity contribution in [3.05, 3.63) is 47.7 Å². The molecule has 0 spiro atoms. The third-order valence-corrected chi connectivity index (χ3v) is 2.88. The number of amidine groups is 1. The number of nitrogen functional groups attached to an aromatic ring is 1. The molecular weight excluding hydrogens is 238 g/mol. The van der Waals surface area contributed by atoms with Crippen LogP contribution in [0.3, 0.4) is 0 Å². The minimum absolute atomic E-state index is 0.00370. The summed E-state index contributed by atoms with van der Waals surface area (Å²) in [7, 11) is 0. The number of anilines is 2. The minimum atomic E-state index is -0.00370. The summed E-state index contributed by atoms with van der Waals surface area (Å²) in [6.45, 7) is 4.79. The third kappa shape index (κ3) is 2.70. The SMILES string of the molecule is CCN(c1cccc(C)c1)c1nnccc1C(=N)N. The van der Waals surface area contributed by atoms with E-state index in [1.165, 1.54) is 5.56 Å². The lowest BCUT2D eigenvalue weighted by molar-refractivity contribution is 0.927. The van der Waals surface area contributed by atoms with Gasteiger partial charge in [0.2, 0.25) is 0 Å². The quantitative estimate of drug-likeness (QED) is 0.648. The Morgan fingerprint density at radius 1 is 1.37 bits per heavy atom. The normalized spacial score (nSPS) is 10.2. The largest absolute Gasteiger partial charge is 0.384 e. The number of aryl methyl sites for hydroxylation is 1. The molecule has 0 aliphatic rings. The molecule has 0 aliphatic heterocycles. The Labute approximate surface area is 112 Å². The monoisotopic (exact) mass is 255 g/mol. The predicted octanol–water partition coefficient (Wildman–Crippen LogP) is 2.23. The van der Waals surface area contributed by atoms with Gasteiger partial charge in [0.15, 0.2) is 5.82 Å². The third-order valence-electron chi connectivity index (χ3n) is 2.88. The molecule has 19 heavy (non-hydrogen) atoms. The number of rotatable bonds is 4. The molecule has 0 unspecified atom stereocenters. The maximum Gasteiger partial charge on any atom is 0.166 e. The highest BCUT2D eigenvalue weighted by atomic mass is 15.3. The van der Waals surface area contributed by atoms with Gasteiger partial charge in [-0.05, 0) is 37.6 Å². The second-order valence-electron chi connectivity index (χ2n) is 4.27. The Morgan fingerprint density at radius 2 is 2.16 bits per heavy atom. The van der Waals surface area contributed by atoms with E-state index in [9.17, 15) is 0 Å².